The maximum atomic E-state index is 11.1. The Morgan fingerprint density at radius 1 is 1.29 bits per heavy atom. The minimum absolute atomic E-state index is 0. The SMILES string of the molecule is CN=C([O-])Oc1ccccc1C[N+](C)(C)C.I. The maximum Gasteiger partial charge on any atom is 0.149 e. The van der Waals surface area contributed by atoms with E-state index < -0.39 is 6.08 Å². The number of quaternary nitrogens is 1. The van der Waals surface area contributed by atoms with E-state index in [1.165, 1.54) is 7.05 Å². The standard InChI is InChI=1S/C12H18N2O2.HI/c1-13-12(15)16-11-8-6-5-7-10(11)9-14(2,3)4;/h5-8H,9H2,1-4H3;1H. The van der Waals surface area contributed by atoms with Crippen molar-refractivity contribution in [1.29, 1.82) is 0 Å². The zero-order chi connectivity index (χ0) is 12.2. The highest BCUT2D eigenvalue weighted by atomic mass is 127. The van der Waals surface area contributed by atoms with E-state index in [1.807, 2.05) is 18.2 Å². The van der Waals surface area contributed by atoms with Gasteiger partial charge in [0, 0.05) is 18.4 Å². The van der Waals surface area contributed by atoms with Gasteiger partial charge in [-0.2, -0.15) is 0 Å². The fourth-order valence-corrected chi connectivity index (χ4v) is 1.38. The molecule has 0 radical (unpaired) electrons. The minimum Gasteiger partial charge on any atom is -0.566 e. The van der Waals surface area contributed by atoms with Crippen molar-refractivity contribution in [1.82, 2.24) is 0 Å². The Morgan fingerprint density at radius 2 is 1.88 bits per heavy atom. The highest BCUT2D eigenvalue weighted by Crippen LogP contribution is 2.20. The van der Waals surface area contributed by atoms with Crippen molar-refractivity contribution in [2.75, 3.05) is 28.2 Å². The Balaban J connectivity index is 0.00000256. The molecule has 0 bridgehead atoms. The van der Waals surface area contributed by atoms with Gasteiger partial charge in [0.05, 0.1) is 21.1 Å². The van der Waals surface area contributed by atoms with Gasteiger partial charge in [-0.1, -0.05) is 18.2 Å². The molecule has 0 saturated carbocycles. The third-order valence-corrected chi connectivity index (χ3v) is 2.00. The number of nitrogens with zero attached hydrogens (tertiary/aromatic N) is 2. The number of hydrogen-bond donors (Lipinski definition) is 0. The van der Waals surface area contributed by atoms with Crippen molar-refractivity contribution in [2.24, 2.45) is 4.99 Å². The van der Waals surface area contributed by atoms with Crippen molar-refractivity contribution in [3.8, 4) is 5.75 Å². The first-order chi connectivity index (χ1) is 7.42. The average molecular weight is 350 g/mol. The van der Waals surface area contributed by atoms with E-state index in [1.54, 1.807) is 6.07 Å². The van der Waals surface area contributed by atoms with Crippen LogP contribution < -0.4 is 9.84 Å². The van der Waals surface area contributed by atoms with Gasteiger partial charge < -0.3 is 14.3 Å². The van der Waals surface area contributed by atoms with Gasteiger partial charge in [0.25, 0.3) is 0 Å². The second-order valence-electron chi connectivity index (χ2n) is 4.65. The molecule has 1 aromatic carbocycles. The molecule has 4 nitrogen and oxygen atoms in total. The van der Waals surface area contributed by atoms with Crippen LogP contribution in [0.5, 0.6) is 5.75 Å². The van der Waals surface area contributed by atoms with E-state index in [0.29, 0.717) is 5.75 Å². The van der Waals surface area contributed by atoms with Crippen LogP contribution in [0.15, 0.2) is 29.3 Å². The lowest BCUT2D eigenvalue weighted by molar-refractivity contribution is -0.884. The molecule has 0 fully saturated rings. The van der Waals surface area contributed by atoms with Crippen LogP contribution in [0.3, 0.4) is 0 Å². The van der Waals surface area contributed by atoms with Crippen LogP contribution in [0.2, 0.25) is 0 Å². The van der Waals surface area contributed by atoms with Gasteiger partial charge in [0.1, 0.15) is 12.6 Å². The summed E-state index contributed by atoms with van der Waals surface area (Å²) in [6.45, 7) is 0.799. The van der Waals surface area contributed by atoms with Gasteiger partial charge in [-0.05, 0) is 6.07 Å². The number of rotatable bonds is 3. The fourth-order valence-electron chi connectivity index (χ4n) is 1.38. The minimum atomic E-state index is -0.561. The molecule has 0 aliphatic heterocycles. The average Bonchev–Trinajstić information content (AvgIpc) is 2.18. The van der Waals surface area contributed by atoms with E-state index in [0.717, 1.165) is 16.6 Å². The number of ether oxygens (including phenoxy) is 1. The summed E-state index contributed by atoms with van der Waals surface area (Å²) in [5.41, 5.74) is 1.01. The number of hydrogen-bond acceptors (Lipinski definition) is 3. The van der Waals surface area contributed by atoms with Gasteiger partial charge in [-0.25, -0.2) is 0 Å². The normalized spacial score (nSPS) is 11.9. The largest absolute Gasteiger partial charge is 0.566 e. The van der Waals surface area contributed by atoms with E-state index in [9.17, 15) is 5.11 Å². The predicted octanol–water partition coefficient (Wildman–Crippen LogP) is 1.24. The lowest BCUT2D eigenvalue weighted by Crippen LogP contribution is -2.34. The van der Waals surface area contributed by atoms with Gasteiger partial charge >= 0.3 is 0 Å². The van der Waals surface area contributed by atoms with E-state index in [4.69, 9.17) is 4.74 Å². The highest BCUT2D eigenvalue weighted by Gasteiger charge is 2.10. The molecule has 0 amide bonds. The van der Waals surface area contributed by atoms with E-state index in [2.05, 4.69) is 26.1 Å². The first-order valence-electron chi connectivity index (χ1n) is 5.12. The van der Waals surface area contributed by atoms with Gasteiger partial charge in [0.2, 0.25) is 0 Å². The molecule has 0 atom stereocenters. The quantitative estimate of drug-likeness (QED) is 0.356. The molecular weight excluding hydrogens is 331 g/mol. The Hall–Kier alpha value is -0.820. The summed E-state index contributed by atoms with van der Waals surface area (Å²) in [5.74, 6) is 0.589. The molecule has 0 aromatic heterocycles. The predicted molar refractivity (Wildman–Crippen MR) is 77.6 cm³/mol. The lowest BCUT2D eigenvalue weighted by Gasteiger charge is -2.26. The molecule has 0 spiro atoms. The molecule has 0 aliphatic carbocycles. The third kappa shape index (κ3) is 5.88. The summed E-state index contributed by atoms with van der Waals surface area (Å²) in [6.07, 6.45) is -0.561. The van der Waals surface area contributed by atoms with Crippen LogP contribution >= 0.6 is 24.0 Å². The first kappa shape index (κ1) is 16.2. The highest BCUT2D eigenvalue weighted by molar-refractivity contribution is 14.0. The van der Waals surface area contributed by atoms with Gasteiger partial charge in [0.15, 0.2) is 0 Å². The zero-order valence-electron chi connectivity index (χ0n) is 10.6. The van der Waals surface area contributed by atoms with Crippen molar-refractivity contribution in [2.45, 2.75) is 6.54 Å². The summed E-state index contributed by atoms with van der Waals surface area (Å²) in [5, 5.41) is 11.1. The summed E-state index contributed by atoms with van der Waals surface area (Å²) >= 11 is 0. The molecule has 0 saturated heterocycles. The van der Waals surface area contributed by atoms with Crippen LogP contribution in [0.4, 0.5) is 0 Å². The Morgan fingerprint density at radius 3 is 2.41 bits per heavy atom. The molecule has 0 aliphatic rings. The first-order valence-corrected chi connectivity index (χ1v) is 5.12. The van der Waals surface area contributed by atoms with Crippen molar-refractivity contribution in [3.05, 3.63) is 29.8 Å². The van der Waals surface area contributed by atoms with Crippen molar-refractivity contribution < 1.29 is 14.3 Å². The van der Waals surface area contributed by atoms with Crippen LogP contribution in [0.25, 0.3) is 0 Å². The smallest absolute Gasteiger partial charge is 0.149 e. The molecule has 5 heteroatoms. The Labute approximate surface area is 120 Å². The summed E-state index contributed by atoms with van der Waals surface area (Å²) in [4.78, 5) is 3.46. The maximum absolute atomic E-state index is 11.1. The molecule has 0 unspecified atom stereocenters. The number of benzene rings is 1. The van der Waals surface area contributed by atoms with Crippen molar-refractivity contribution in [3.63, 3.8) is 0 Å². The van der Waals surface area contributed by atoms with E-state index >= 15 is 0 Å². The Kier molecular flexibility index (Phi) is 6.48. The second kappa shape index (κ2) is 6.80. The molecular formula is C12H19IN2O2. The van der Waals surface area contributed by atoms with Crippen molar-refractivity contribution >= 4 is 30.1 Å². The third-order valence-electron chi connectivity index (χ3n) is 2.00. The molecule has 0 heterocycles. The lowest BCUT2D eigenvalue weighted by atomic mass is 10.2. The number of halogens is 1. The Bertz CT molecular complexity index is 386. The zero-order valence-corrected chi connectivity index (χ0v) is 13.0. The van der Waals surface area contributed by atoms with Crippen LogP contribution in [-0.4, -0.2) is 38.8 Å². The van der Waals surface area contributed by atoms with Crippen LogP contribution in [0, 0.1) is 0 Å². The topological polar surface area (TPSA) is 44.7 Å². The van der Waals surface area contributed by atoms with Gasteiger partial charge in [-0.3, -0.25) is 4.99 Å². The molecule has 96 valence electrons. The molecule has 17 heavy (non-hydrogen) atoms. The summed E-state index contributed by atoms with van der Waals surface area (Å²) < 4.78 is 5.90. The fraction of sp³-hybridized carbons (Fsp3) is 0.417. The summed E-state index contributed by atoms with van der Waals surface area (Å²) in [6, 6.07) is 7.53. The molecule has 1 rings (SSSR count). The van der Waals surface area contributed by atoms with Gasteiger partial charge in [-0.15, -0.1) is 24.0 Å². The van der Waals surface area contributed by atoms with Crippen LogP contribution in [0.1, 0.15) is 5.56 Å². The second-order valence-corrected chi connectivity index (χ2v) is 4.65. The summed E-state index contributed by atoms with van der Waals surface area (Å²) in [7, 11) is 7.68. The number of para-hydroxylation sites is 1. The molecule has 1 aromatic rings. The van der Waals surface area contributed by atoms with Crippen LogP contribution in [-0.2, 0) is 6.54 Å². The number of aliphatic imine (C=N–C) groups is 1. The monoisotopic (exact) mass is 350 g/mol. The molecule has 0 N–H and O–H groups in total. The van der Waals surface area contributed by atoms with E-state index in [-0.39, 0.29) is 24.0 Å².